The molecule has 2 aromatic rings. The number of hydrogen-bond acceptors (Lipinski definition) is 4. The zero-order chi connectivity index (χ0) is 17.8. The predicted molar refractivity (Wildman–Crippen MR) is 95.3 cm³/mol. The number of methoxy groups -OCH3 is 2. The smallest absolute Gasteiger partial charge is 0.228 e. The van der Waals surface area contributed by atoms with Crippen LogP contribution in [0.3, 0.4) is 0 Å². The van der Waals surface area contributed by atoms with Gasteiger partial charge in [-0.1, -0.05) is 0 Å². The lowest BCUT2D eigenvalue weighted by atomic mass is 10.0. The van der Waals surface area contributed by atoms with Crippen LogP contribution in [0.5, 0.6) is 11.5 Å². The maximum Gasteiger partial charge on any atom is 0.228 e. The maximum atomic E-state index is 12.4. The highest BCUT2D eigenvalue weighted by molar-refractivity contribution is 5.96. The first-order valence-electron chi connectivity index (χ1n) is 8.02. The zero-order valence-electron chi connectivity index (χ0n) is 14.2. The molecule has 0 spiro atoms. The van der Waals surface area contributed by atoms with E-state index in [4.69, 9.17) is 9.47 Å². The summed E-state index contributed by atoms with van der Waals surface area (Å²) in [5, 5.41) is 5.72. The highest BCUT2D eigenvalue weighted by atomic mass is 16.5. The minimum atomic E-state index is -0.147. The Morgan fingerprint density at radius 2 is 1.96 bits per heavy atom. The lowest BCUT2D eigenvalue weighted by molar-refractivity contribution is -0.117. The van der Waals surface area contributed by atoms with Gasteiger partial charge in [0.05, 0.1) is 20.6 Å². The molecule has 0 aromatic heterocycles. The number of fused-ring (bicyclic) bond motifs is 1. The minimum Gasteiger partial charge on any atom is -0.497 e. The van der Waals surface area contributed by atoms with Gasteiger partial charge in [0, 0.05) is 23.4 Å². The lowest BCUT2D eigenvalue weighted by Crippen LogP contribution is -2.20. The van der Waals surface area contributed by atoms with Gasteiger partial charge < -0.3 is 20.1 Å². The molecule has 1 aliphatic rings. The second-order valence-corrected chi connectivity index (χ2v) is 5.82. The number of aryl methyl sites for hydroxylation is 1. The van der Waals surface area contributed by atoms with Crippen molar-refractivity contribution < 1.29 is 19.1 Å². The van der Waals surface area contributed by atoms with Gasteiger partial charge in [0.25, 0.3) is 0 Å². The number of carbonyl (C=O) groups excluding carboxylic acids is 2. The van der Waals surface area contributed by atoms with Gasteiger partial charge >= 0.3 is 0 Å². The summed E-state index contributed by atoms with van der Waals surface area (Å²) >= 11 is 0. The van der Waals surface area contributed by atoms with Gasteiger partial charge in [0.15, 0.2) is 0 Å². The summed E-state index contributed by atoms with van der Waals surface area (Å²) in [7, 11) is 3.15. The standard InChI is InChI=1S/C19H20N2O4/c1-24-15-5-7-17(25-2)13(10-15)11-19(23)20-14-4-6-16-12(9-14)3-8-18(22)21-16/h4-7,9-10H,3,8,11H2,1-2H3,(H,20,23)(H,21,22). The van der Waals surface area contributed by atoms with Crippen molar-refractivity contribution in [1.82, 2.24) is 0 Å². The van der Waals surface area contributed by atoms with Crippen LogP contribution in [0.2, 0.25) is 0 Å². The fourth-order valence-corrected chi connectivity index (χ4v) is 2.86. The van der Waals surface area contributed by atoms with Crippen LogP contribution in [-0.2, 0) is 22.4 Å². The number of rotatable bonds is 5. The van der Waals surface area contributed by atoms with Crippen LogP contribution >= 0.6 is 0 Å². The van der Waals surface area contributed by atoms with Crippen molar-refractivity contribution in [2.75, 3.05) is 24.9 Å². The normalized spacial score (nSPS) is 12.8. The Kier molecular flexibility index (Phi) is 4.88. The van der Waals surface area contributed by atoms with Gasteiger partial charge in [-0.15, -0.1) is 0 Å². The molecule has 2 aromatic carbocycles. The molecular formula is C19H20N2O4. The number of amides is 2. The van der Waals surface area contributed by atoms with Crippen molar-refractivity contribution in [1.29, 1.82) is 0 Å². The van der Waals surface area contributed by atoms with E-state index < -0.39 is 0 Å². The Hall–Kier alpha value is -3.02. The summed E-state index contributed by atoms with van der Waals surface area (Å²) in [6.45, 7) is 0. The molecule has 0 saturated heterocycles. The fraction of sp³-hybridized carbons (Fsp3) is 0.263. The number of nitrogens with one attached hydrogen (secondary N) is 2. The summed E-state index contributed by atoms with van der Waals surface area (Å²) in [5.74, 6) is 1.19. The van der Waals surface area contributed by atoms with E-state index in [0.29, 0.717) is 30.0 Å². The van der Waals surface area contributed by atoms with E-state index in [1.807, 2.05) is 12.1 Å². The highest BCUT2D eigenvalue weighted by Crippen LogP contribution is 2.27. The second kappa shape index (κ2) is 7.25. The Morgan fingerprint density at radius 1 is 1.12 bits per heavy atom. The van der Waals surface area contributed by atoms with Crippen LogP contribution in [-0.4, -0.2) is 26.0 Å². The van der Waals surface area contributed by atoms with Crippen LogP contribution in [0.15, 0.2) is 36.4 Å². The van der Waals surface area contributed by atoms with Crippen LogP contribution in [0.25, 0.3) is 0 Å². The van der Waals surface area contributed by atoms with E-state index in [-0.39, 0.29) is 18.2 Å². The average Bonchev–Trinajstić information content (AvgIpc) is 2.61. The molecule has 0 bridgehead atoms. The number of benzene rings is 2. The first kappa shape index (κ1) is 16.8. The number of hydrogen-bond donors (Lipinski definition) is 2. The molecule has 0 unspecified atom stereocenters. The first-order valence-corrected chi connectivity index (χ1v) is 8.02. The van der Waals surface area contributed by atoms with E-state index in [0.717, 1.165) is 16.8 Å². The lowest BCUT2D eigenvalue weighted by Gasteiger charge is -2.18. The van der Waals surface area contributed by atoms with Crippen molar-refractivity contribution in [3.8, 4) is 11.5 Å². The predicted octanol–water partition coefficient (Wildman–Crippen LogP) is 2.77. The molecule has 0 saturated carbocycles. The molecule has 1 heterocycles. The third-order valence-corrected chi connectivity index (χ3v) is 4.12. The molecule has 6 heteroatoms. The second-order valence-electron chi connectivity index (χ2n) is 5.82. The fourth-order valence-electron chi connectivity index (χ4n) is 2.86. The quantitative estimate of drug-likeness (QED) is 0.877. The molecule has 2 N–H and O–H groups in total. The third-order valence-electron chi connectivity index (χ3n) is 4.12. The average molecular weight is 340 g/mol. The SMILES string of the molecule is COc1ccc(OC)c(CC(=O)Nc2ccc3c(c2)CCC(=O)N3)c1. The Labute approximate surface area is 146 Å². The van der Waals surface area contributed by atoms with Gasteiger partial charge in [-0.3, -0.25) is 9.59 Å². The van der Waals surface area contributed by atoms with E-state index >= 15 is 0 Å². The van der Waals surface area contributed by atoms with Gasteiger partial charge in [-0.25, -0.2) is 0 Å². The Morgan fingerprint density at radius 3 is 2.72 bits per heavy atom. The molecule has 2 amide bonds. The summed E-state index contributed by atoms with van der Waals surface area (Å²) in [4.78, 5) is 23.8. The molecule has 0 aliphatic carbocycles. The topological polar surface area (TPSA) is 76.7 Å². The van der Waals surface area contributed by atoms with Crippen molar-refractivity contribution in [2.24, 2.45) is 0 Å². The van der Waals surface area contributed by atoms with E-state index in [9.17, 15) is 9.59 Å². The van der Waals surface area contributed by atoms with Gasteiger partial charge in [-0.05, 0) is 48.4 Å². The Balaban J connectivity index is 1.72. The Bertz CT molecular complexity index is 817. The molecule has 130 valence electrons. The molecule has 0 radical (unpaired) electrons. The minimum absolute atomic E-state index is 0.0226. The number of anilines is 2. The molecule has 6 nitrogen and oxygen atoms in total. The monoisotopic (exact) mass is 340 g/mol. The highest BCUT2D eigenvalue weighted by Gasteiger charge is 2.16. The molecule has 0 fully saturated rings. The summed E-state index contributed by atoms with van der Waals surface area (Å²) in [6, 6.07) is 10.9. The van der Waals surface area contributed by atoms with Crippen LogP contribution in [0.1, 0.15) is 17.5 Å². The van der Waals surface area contributed by atoms with E-state index in [1.54, 1.807) is 38.5 Å². The largest absolute Gasteiger partial charge is 0.497 e. The first-order chi connectivity index (χ1) is 12.1. The van der Waals surface area contributed by atoms with E-state index in [1.165, 1.54) is 0 Å². The molecule has 0 atom stereocenters. The number of ether oxygens (including phenoxy) is 2. The molecule has 3 rings (SSSR count). The summed E-state index contributed by atoms with van der Waals surface area (Å²) < 4.78 is 10.5. The number of carbonyl (C=O) groups is 2. The van der Waals surface area contributed by atoms with Gasteiger partial charge in [0.1, 0.15) is 11.5 Å². The third kappa shape index (κ3) is 3.91. The summed E-state index contributed by atoms with van der Waals surface area (Å²) in [6.07, 6.45) is 1.31. The van der Waals surface area contributed by atoms with E-state index in [2.05, 4.69) is 10.6 Å². The van der Waals surface area contributed by atoms with Gasteiger partial charge in [0.2, 0.25) is 11.8 Å². The molecular weight excluding hydrogens is 320 g/mol. The van der Waals surface area contributed by atoms with Crippen molar-refractivity contribution >= 4 is 23.2 Å². The zero-order valence-corrected chi connectivity index (χ0v) is 14.2. The van der Waals surface area contributed by atoms with Crippen LogP contribution in [0.4, 0.5) is 11.4 Å². The van der Waals surface area contributed by atoms with Gasteiger partial charge in [-0.2, -0.15) is 0 Å². The van der Waals surface area contributed by atoms with Crippen molar-refractivity contribution in [3.05, 3.63) is 47.5 Å². The summed E-state index contributed by atoms with van der Waals surface area (Å²) in [5.41, 5.74) is 3.30. The molecule has 1 aliphatic heterocycles. The van der Waals surface area contributed by atoms with Crippen LogP contribution < -0.4 is 20.1 Å². The molecule has 25 heavy (non-hydrogen) atoms. The maximum absolute atomic E-state index is 12.4. The van der Waals surface area contributed by atoms with Crippen LogP contribution in [0, 0.1) is 0 Å². The van der Waals surface area contributed by atoms with Crippen molar-refractivity contribution in [2.45, 2.75) is 19.3 Å². The van der Waals surface area contributed by atoms with Crippen molar-refractivity contribution in [3.63, 3.8) is 0 Å².